The summed E-state index contributed by atoms with van der Waals surface area (Å²) in [5.41, 5.74) is 0.932. The predicted molar refractivity (Wildman–Crippen MR) is 89.8 cm³/mol. The number of aryl methyl sites for hydroxylation is 1. The molecule has 5 heteroatoms. The fourth-order valence-electron chi connectivity index (χ4n) is 2.94. The summed E-state index contributed by atoms with van der Waals surface area (Å²) in [4.78, 5) is 0.352. The van der Waals surface area contributed by atoms with Crippen LogP contribution in [0.4, 0.5) is 0 Å². The molecule has 0 aliphatic heterocycles. The van der Waals surface area contributed by atoms with Crippen molar-refractivity contribution in [2.75, 3.05) is 6.54 Å². The number of rotatable bonds is 5. The second kappa shape index (κ2) is 7.25. The highest BCUT2D eigenvalue weighted by molar-refractivity contribution is 9.10. The van der Waals surface area contributed by atoms with E-state index in [-0.39, 0.29) is 0 Å². The average Bonchev–Trinajstić information content (AvgIpc) is 2.48. The van der Waals surface area contributed by atoms with E-state index in [1.807, 2.05) is 6.92 Å². The summed E-state index contributed by atoms with van der Waals surface area (Å²) in [6, 6.07) is 5.14. The molecule has 1 N–H and O–H groups in total. The molecular weight excluding hydrogens is 350 g/mol. The highest BCUT2D eigenvalue weighted by atomic mass is 79.9. The second-order valence-corrected chi connectivity index (χ2v) is 8.68. The van der Waals surface area contributed by atoms with Gasteiger partial charge in [-0.1, -0.05) is 42.1 Å². The Morgan fingerprint density at radius 2 is 1.81 bits per heavy atom. The zero-order chi connectivity index (χ0) is 15.5. The zero-order valence-electron chi connectivity index (χ0n) is 12.7. The van der Waals surface area contributed by atoms with Crippen molar-refractivity contribution in [3.05, 3.63) is 28.2 Å². The predicted octanol–water partition coefficient (Wildman–Crippen LogP) is 4.25. The maximum absolute atomic E-state index is 12.3. The molecule has 2 rings (SSSR count). The number of sulfonamides is 1. The van der Waals surface area contributed by atoms with Crippen molar-refractivity contribution >= 4 is 26.0 Å². The smallest absolute Gasteiger partial charge is 0.211 e. The van der Waals surface area contributed by atoms with Crippen LogP contribution >= 0.6 is 15.9 Å². The van der Waals surface area contributed by atoms with Gasteiger partial charge in [0.05, 0.1) is 4.90 Å². The molecule has 1 aromatic carbocycles. The lowest BCUT2D eigenvalue weighted by Crippen LogP contribution is -2.31. The topological polar surface area (TPSA) is 46.2 Å². The summed E-state index contributed by atoms with van der Waals surface area (Å²) < 4.78 is 28.4. The van der Waals surface area contributed by atoms with Crippen LogP contribution in [0.5, 0.6) is 0 Å². The number of benzene rings is 1. The van der Waals surface area contributed by atoms with Crippen molar-refractivity contribution in [1.82, 2.24) is 4.72 Å². The van der Waals surface area contributed by atoms with Crippen LogP contribution in [-0.4, -0.2) is 15.0 Å². The average molecular weight is 374 g/mol. The fourth-order valence-corrected chi connectivity index (χ4v) is 4.39. The third-order valence-corrected chi connectivity index (χ3v) is 6.86. The van der Waals surface area contributed by atoms with Crippen LogP contribution in [-0.2, 0) is 10.0 Å². The van der Waals surface area contributed by atoms with E-state index >= 15 is 0 Å². The monoisotopic (exact) mass is 373 g/mol. The molecule has 0 heterocycles. The number of hydrogen-bond acceptors (Lipinski definition) is 2. The van der Waals surface area contributed by atoms with E-state index in [0.717, 1.165) is 28.8 Å². The van der Waals surface area contributed by atoms with Gasteiger partial charge in [-0.2, -0.15) is 0 Å². The lowest BCUT2D eigenvalue weighted by Gasteiger charge is -2.27. The van der Waals surface area contributed by atoms with Crippen molar-refractivity contribution in [3.63, 3.8) is 0 Å². The third kappa shape index (κ3) is 4.54. The molecule has 0 aromatic heterocycles. The molecule has 1 aliphatic rings. The van der Waals surface area contributed by atoms with Gasteiger partial charge in [-0.3, -0.25) is 0 Å². The second-order valence-electron chi connectivity index (χ2n) is 6.06. The summed E-state index contributed by atoms with van der Waals surface area (Å²) in [6.45, 7) is 4.70. The molecule has 1 saturated carbocycles. The summed E-state index contributed by atoms with van der Waals surface area (Å²) in [5.74, 6) is 1.33. The molecule has 21 heavy (non-hydrogen) atoms. The SMILES string of the molecule is CCC1CCC(CNS(=O)(=O)c2ccc(Br)c(C)c2)CC1. The summed E-state index contributed by atoms with van der Waals surface area (Å²) in [6.07, 6.45) is 6.00. The quantitative estimate of drug-likeness (QED) is 0.838. The van der Waals surface area contributed by atoms with E-state index in [4.69, 9.17) is 0 Å². The van der Waals surface area contributed by atoms with E-state index in [2.05, 4.69) is 27.6 Å². The number of halogens is 1. The molecule has 118 valence electrons. The van der Waals surface area contributed by atoms with Gasteiger partial charge in [-0.25, -0.2) is 13.1 Å². The van der Waals surface area contributed by atoms with Gasteiger partial charge in [0.15, 0.2) is 0 Å². The Labute approximate surface area is 136 Å². The molecule has 0 atom stereocenters. The summed E-state index contributed by atoms with van der Waals surface area (Å²) >= 11 is 3.39. The van der Waals surface area contributed by atoms with E-state index in [1.165, 1.54) is 19.3 Å². The summed E-state index contributed by atoms with van der Waals surface area (Å²) in [7, 11) is -3.39. The van der Waals surface area contributed by atoms with Crippen LogP contribution in [0.3, 0.4) is 0 Å². The molecule has 3 nitrogen and oxygen atoms in total. The van der Waals surface area contributed by atoms with Gasteiger partial charge >= 0.3 is 0 Å². The Kier molecular flexibility index (Phi) is 5.86. The first kappa shape index (κ1) is 17.0. The highest BCUT2D eigenvalue weighted by Crippen LogP contribution is 2.30. The highest BCUT2D eigenvalue weighted by Gasteiger charge is 2.22. The number of nitrogens with one attached hydrogen (secondary N) is 1. The minimum atomic E-state index is -3.39. The van der Waals surface area contributed by atoms with E-state index in [1.54, 1.807) is 18.2 Å². The van der Waals surface area contributed by atoms with Crippen LogP contribution in [0.15, 0.2) is 27.6 Å². The van der Waals surface area contributed by atoms with Crippen LogP contribution in [0.1, 0.15) is 44.6 Å². The first-order valence-corrected chi connectivity index (χ1v) is 9.95. The van der Waals surface area contributed by atoms with E-state index in [0.29, 0.717) is 17.4 Å². The molecule has 0 saturated heterocycles. The standard InChI is InChI=1S/C16H24BrNO2S/c1-3-13-4-6-14(7-5-13)11-18-21(19,20)15-8-9-16(17)12(2)10-15/h8-10,13-14,18H,3-7,11H2,1-2H3. The fraction of sp³-hybridized carbons (Fsp3) is 0.625. The lowest BCUT2D eigenvalue weighted by molar-refractivity contribution is 0.270. The molecule has 0 unspecified atom stereocenters. The van der Waals surface area contributed by atoms with Crippen LogP contribution in [0.2, 0.25) is 0 Å². The zero-order valence-corrected chi connectivity index (χ0v) is 15.1. The first-order valence-electron chi connectivity index (χ1n) is 7.68. The summed E-state index contributed by atoms with van der Waals surface area (Å²) in [5, 5.41) is 0. The van der Waals surface area contributed by atoms with Gasteiger partial charge in [0.25, 0.3) is 0 Å². The van der Waals surface area contributed by atoms with Crippen LogP contribution in [0.25, 0.3) is 0 Å². The third-order valence-electron chi connectivity index (χ3n) is 4.55. The molecule has 0 spiro atoms. The Morgan fingerprint density at radius 3 is 2.38 bits per heavy atom. The molecule has 1 aliphatic carbocycles. The van der Waals surface area contributed by atoms with E-state index in [9.17, 15) is 8.42 Å². The van der Waals surface area contributed by atoms with Crippen molar-refractivity contribution in [1.29, 1.82) is 0 Å². The van der Waals surface area contributed by atoms with Gasteiger partial charge in [0, 0.05) is 11.0 Å². The molecule has 1 fully saturated rings. The van der Waals surface area contributed by atoms with Gasteiger partial charge in [-0.15, -0.1) is 0 Å². The maximum atomic E-state index is 12.3. The molecule has 0 bridgehead atoms. The minimum Gasteiger partial charge on any atom is -0.211 e. The first-order chi connectivity index (χ1) is 9.92. The molecule has 0 radical (unpaired) electrons. The molecular formula is C16H24BrNO2S. The Morgan fingerprint density at radius 1 is 1.19 bits per heavy atom. The number of hydrogen-bond donors (Lipinski definition) is 1. The van der Waals surface area contributed by atoms with Crippen molar-refractivity contribution < 1.29 is 8.42 Å². The maximum Gasteiger partial charge on any atom is 0.240 e. The Bertz CT molecular complexity index is 578. The van der Waals surface area contributed by atoms with Gasteiger partial charge in [-0.05, 0) is 55.4 Å². The normalized spacial score (nSPS) is 23.2. The Hall–Kier alpha value is -0.390. The van der Waals surface area contributed by atoms with E-state index < -0.39 is 10.0 Å². The van der Waals surface area contributed by atoms with Crippen molar-refractivity contribution in [2.24, 2.45) is 11.8 Å². The largest absolute Gasteiger partial charge is 0.240 e. The minimum absolute atomic E-state index is 0.352. The van der Waals surface area contributed by atoms with Crippen molar-refractivity contribution in [2.45, 2.75) is 50.8 Å². The molecule has 0 amide bonds. The van der Waals surface area contributed by atoms with Gasteiger partial charge in [0.2, 0.25) is 10.0 Å². The Balaban J connectivity index is 1.94. The van der Waals surface area contributed by atoms with Crippen LogP contribution < -0.4 is 4.72 Å². The van der Waals surface area contributed by atoms with Crippen LogP contribution in [0, 0.1) is 18.8 Å². The molecule has 1 aromatic rings. The van der Waals surface area contributed by atoms with Gasteiger partial charge in [0.1, 0.15) is 0 Å². The lowest BCUT2D eigenvalue weighted by atomic mass is 9.81. The van der Waals surface area contributed by atoms with Gasteiger partial charge < -0.3 is 0 Å². The van der Waals surface area contributed by atoms with Crippen molar-refractivity contribution in [3.8, 4) is 0 Å².